The first-order chi connectivity index (χ1) is 15.4. The van der Waals surface area contributed by atoms with E-state index >= 15 is 0 Å². The summed E-state index contributed by atoms with van der Waals surface area (Å²) in [5.74, 6) is 0.0617. The van der Waals surface area contributed by atoms with Crippen molar-refractivity contribution in [3.05, 3.63) is 98.9 Å². The Kier molecular flexibility index (Phi) is 6.44. The van der Waals surface area contributed by atoms with Crippen molar-refractivity contribution in [1.82, 2.24) is 0 Å². The highest BCUT2D eigenvalue weighted by Crippen LogP contribution is 2.31. The van der Waals surface area contributed by atoms with E-state index in [-0.39, 0.29) is 24.0 Å². The van der Waals surface area contributed by atoms with Crippen molar-refractivity contribution in [2.24, 2.45) is 4.99 Å². The van der Waals surface area contributed by atoms with Gasteiger partial charge in [0.05, 0.1) is 17.7 Å². The van der Waals surface area contributed by atoms with Crippen LogP contribution in [0, 0.1) is 5.82 Å². The molecule has 3 aromatic carbocycles. The lowest BCUT2D eigenvalue weighted by atomic mass is 10.1. The molecule has 32 heavy (non-hydrogen) atoms. The van der Waals surface area contributed by atoms with Crippen LogP contribution in [0.5, 0.6) is 11.5 Å². The minimum Gasteiger partial charge on any atom is -0.493 e. The molecule has 5 nitrogen and oxygen atoms in total. The van der Waals surface area contributed by atoms with Crippen LogP contribution in [0.3, 0.4) is 0 Å². The van der Waals surface area contributed by atoms with Gasteiger partial charge in [-0.05, 0) is 59.7 Å². The van der Waals surface area contributed by atoms with Crippen LogP contribution in [-0.4, -0.2) is 19.0 Å². The average molecular weight is 472 g/mol. The number of carbonyl (C=O) groups excluding carboxylic acids is 1. The van der Waals surface area contributed by atoms with Crippen molar-refractivity contribution >= 4 is 41.1 Å². The Morgan fingerprint density at radius 2 is 1.91 bits per heavy atom. The molecule has 0 fully saturated rings. The van der Waals surface area contributed by atoms with E-state index < -0.39 is 5.97 Å². The topological polar surface area (TPSA) is 57.1 Å². The third-order valence-corrected chi connectivity index (χ3v) is 5.12. The first kappa shape index (κ1) is 21.9. The Morgan fingerprint density at radius 1 is 1.06 bits per heavy atom. The summed E-state index contributed by atoms with van der Waals surface area (Å²) in [7, 11) is 1.50. The predicted octanol–water partition coefficient (Wildman–Crippen LogP) is 6.06. The number of esters is 1. The maximum atomic E-state index is 13.3. The third kappa shape index (κ3) is 4.93. The largest absolute Gasteiger partial charge is 0.493 e. The van der Waals surface area contributed by atoms with Crippen LogP contribution < -0.4 is 9.47 Å². The molecular weight excluding hydrogens is 456 g/mol. The van der Waals surface area contributed by atoms with E-state index in [4.69, 9.17) is 37.4 Å². The van der Waals surface area contributed by atoms with Gasteiger partial charge in [-0.2, -0.15) is 0 Å². The lowest BCUT2D eigenvalue weighted by molar-refractivity contribution is -0.129. The summed E-state index contributed by atoms with van der Waals surface area (Å²) in [6.07, 6.45) is 1.56. The van der Waals surface area contributed by atoms with Crippen LogP contribution in [0.15, 0.2) is 71.4 Å². The third-order valence-electron chi connectivity index (χ3n) is 4.55. The Balaban J connectivity index is 1.56. The van der Waals surface area contributed by atoms with E-state index in [0.717, 1.165) is 0 Å². The molecule has 1 aliphatic rings. The van der Waals surface area contributed by atoms with Gasteiger partial charge in [-0.3, -0.25) is 0 Å². The zero-order valence-electron chi connectivity index (χ0n) is 16.8. The van der Waals surface area contributed by atoms with E-state index in [2.05, 4.69) is 4.99 Å². The normalized spacial score (nSPS) is 14.3. The van der Waals surface area contributed by atoms with E-state index in [1.165, 1.54) is 19.2 Å². The fourth-order valence-electron chi connectivity index (χ4n) is 3.02. The lowest BCUT2D eigenvalue weighted by Crippen LogP contribution is -2.06. The van der Waals surface area contributed by atoms with Crippen molar-refractivity contribution in [3.63, 3.8) is 0 Å². The van der Waals surface area contributed by atoms with E-state index in [9.17, 15) is 9.18 Å². The van der Waals surface area contributed by atoms with E-state index in [1.54, 1.807) is 54.6 Å². The number of hydrogen-bond acceptors (Lipinski definition) is 5. The maximum Gasteiger partial charge on any atom is 0.363 e. The van der Waals surface area contributed by atoms with Crippen molar-refractivity contribution in [1.29, 1.82) is 0 Å². The van der Waals surface area contributed by atoms with Gasteiger partial charge in [0.2, 0.25) is 5.90 Å². The zero-order chi connectivity index (χ0) is 22.7. The summed E-state index contributed by atoms with van der Waals surface area (Å²) in [5, 5.41) is 0.808. The smallest absolute Gasteiger partial charge is 0.363 e. The molecule has 8 heteroatoms. The summed E-state index contributed by atoms with van der Waals surface area (Å²) in [6, 6.07) is 16.1. The van der Waals surface area contributed by atoms with Crippen molar-refractivity contribution in [3.8, 4) is 11.5 Å². The van der Waals surface area contributed by atoms with Crippen LogP contribution in [0.25, 0.3) is 6.08 Å². The van der Waals surface area contributed by atoms with Gasteiger partial charge < -0.3 is 14.2 Å². The Morgan fingerprint density at radius 3 is 2.69 bits per heavy atom. The van der Waals surface area contributed by atoms with Gasteiger partial charge in [-0.1, -0.05) is 41.4 Å². The number of ether oxygens (including phenoxy) is 3. The molecule has 0 N–H and O–H groups in total. The number of rotatable bonds is 6. The second-order valence-electron chi connectivity index (χ2n) is 6.79. The number of cyclic esters (lactones) is 1. The van der Waals surface area contributed by atoms with Gasteiger partial charge in [0.25, 0.3) is 0 Å². The molecule has 4 rings (SSSR count). The van der Waals surface area contributed by atoms with Gasteiger partial charge in [0.15, 0.2) is 17.2 Å². The first-order valence-corrected chi connectivity index (χ1v) is 10.2. The van der Waals surface area contributed by atoms with Crippen LogP contribution >= 0.6 is 23.2 Å². The molecule has 3 aromatic rings. The minimum absolute atomic E-state index is 0.0794. The molecule has 1 heterocycles. The molecule has 0 aromatic heterocycles. The van der Waals surface area contributed by atoms with Gasteiger partial charge in [-0.15, -0.1) is 0 Å². The second-order valence-corrected chi connectivity index (χ2v) is 7.63. The minimum atomic E-state index is -0.610. The number of halogens is 3. The molecule has 1 aliphatic heterocycles. The fraction of sp³-hybridized carbons (Fsp3) is 0.0833. The Hall–Kier alpha value is -3.35. The molecule has 0 aliphatic carbocycles. The number of carbonyl (C=O) groups is 1. The molecule has 0 unspecified atom stereocenters. The first-order valence-electron chi connectivity index (χ1n) is 9.46. The maximum absolute atomic E-state index is 13.3. The number of aliphatic imine (C=N–C) groups is 1. The molecule has 0 bridgehead atoms. The number of nitrogens with zero attached hydrogens (tertiary/aromatic N) is 1. The number of hydrogen-bond donors (Lipinski definition) is 0. The summed E-state index contributed by atoms with van der Waals surface area (Å²) < 4.78 is 29.8. The Bertz CT molecular complexity index is 1260. The molecular formula is C24H16Cl2FNO4. The van der Waals surface area contributed by atoms with Crippen molar-refractivity contribution in [2.75, 3.05) is 7.11 Å². The number of methoxy groups -OCH3 is 1. The SMILES string of the molecule is COc1cc(/C=C2/N=C(c3cc(Cl)ccc3Cl)OC2=O)ccc1OCc1cccc(F)c1. The van der Waals surface area contributed by atoms with Crippen molar-refractivity contribution in [2.45, 2.75) is 6.61 Å². The van der Waals surface area contributed by atoms with Gasteiger partial charge in [-0.25, -0.2) is 14.2 Å². The quantitative estimate of drug-likeness (QED) is 0.323. The zero-order valence-corrected chi connectivity index (χ0v) is 18.3. The summed E-state index contributed by atoms with van der Waals surface area (Å²) >= 11 is 12.2. The number of benzene rings is 3. The fourth-order valence-corrected chi connectivity index (χ4v) is 3.40. The molecule has 0 saturated heterocycles. The second kappa shape index (κ2) is 9.42. The highest BCUT2D eigenvalue weighted by molar-refractivity contribution is 6.36. The van der Waals surface area contributed by atoms with Gasteiger partial charge >= 0.3 is 5.97 Å². The average Bonchev–Trinajstić information content (AvgIpc) is 3.14. The molecule has 0 atom stereocenters. The van der Waals surface area contributed by atoms with Gasteiger partial charge in [0.1, 0.15) is 12.4 Å². The monoisotopic (exact) mass is 471 g/mol. The van der Waals surface area contributed by atoms with E-state index in [1.807, 2.05) is 0 Å². The molecule has 0 amide bonds. The molecule has 0 radical (unpaired) electrons. The molecule has 0 spiro atoms. The Labute approximate surface area is 193 Å². The summed E-state index contributed by atoms with van der Waals surface area (Å²) in [5.41, 5.74) is 1.86. The summed E-state index contributed by atoms with van der Waals surface area (Å²) in [6.45, 7) is 0.176. The lowest BCUT2D eigenvalue weighted by Gasteiger charge is -2.11. The van der Waals surface area contributed by atoms with Crippen LogP contribution in [0.4, 0.5) is 4.39 Å². The molecule has 0 saturated carbocycles. The summed E-state index contributed by atoms with van der Waals surface area (Å²) in [4.78, 5) is 16.6. The van der Waals surface area contributed by atoms with Crippen molar-refractivity contribution < 1.29 is 23.4 Å². The standard InChI is InChI=1S/C24H16Cl2FNO4/c1-30-22-11-14(5-8-21(22)31-13-15-3-2-4-17(27)9-15)10-20-24(29)32-23(28-20)18-12-16(25)6-7-19(18)26/h2-12H,13H2,1H3/b20-10+. The van der Waals surface area contributed by atoms with Gasteiger partial charge in [0, 0.05) is 5.02 Å². The predicted molar refractivity (Wildman–Crippen MR) is 121 cm³/mol. The highest BCUT2D eigenvalue weighted by Gasteiger charge is 2.26. The van der Waals surface area contributed by atoms with Crippen LogP contribution in [-0.2, 0) is 16.1 Å². The van der Waals surface area contributed by atoms with Crippen LogP contribution in [0.2, 0.25) is 10.0 Å². The van der Waals surface area contributed by atoms with E-state index in [0.29, 0.717) is 38.2 Å². The molecule has 162 valence electrons. The highest BCUT2D eigenvalue weighted by atomic mass is 35.5. The van der Waals surface area contributed by atoms with Crippen LogP contribution in [0.1, 0.15) is 16.7 Å².